The maximum Gasteiger partial charge on any atom is 0.240 e. The molecule has 0 bridgehead atoms. The zero-order valence-electron chi connectivity index (χ0n) is 18.1. The van der Waals surface area contributed by atoms with Crippen molar-refractivity contribution in [3.63, 3.8) is 0 Å². The minimum atomic E-state index is -3.84. The van der Waals surface area contributed by atoms with E-state index in [1.165, 1.54) is 19.1 Å². The van der Waals surface area contributed by atoms with Crippen molar-refractivity contribution in [1.29, 1.82) is 0 Å². The maximum atomic E-state index is 14.7. The van der Waals surface area contributed by atoms with Crippen LogP contribution in [0.3, 0.4) is 0 Å². The Morgan fingerprint density at radius 2 is 1.97 bits per heavy atom. The van der Waals surface area contributed by atoms with Gasteiger partial charge in [0.1, 0.15) is 5.82 Å². The molecule has 1 saturated heterocycles. The lowest BCUT2D eigenvalue weighted by molar-refractivity contribution is -0.116. The number of halogens is 2. The summed E-state index contributed by atoms with van der Waals surface area (Å²) >= 11 is 6.31. The number of nitrogens with one attached hydrogen (secondary N) is 1. The summed E-state index contributed by atoms with van der Waals surface area (Å²) < 4.78 is 43.6. The number of hydrogen-bond acceptors (Lipinski definition) is 4. The molecule has 2 unspecified atom stereocenters. The summed E-state index contributed by atoms with van der Waals surface area (Å²) in [5.74, 6) is -0.510. The van der Waals surface area contributed by atoms with Crippen molar-refractivity contribution in [2.24, 2.45) is 0 Å². The van der Waals surface area contributed by atoms with Crippen molar-refractivity contribution in [2.75, 3.05) is 24.5 Å². The first-order valence-electron chi connectivity index (χ1n) is 10.8. The van der Waals surface area contributed by atoms with Gasteiger partial charge in [-0.25, -0.2) is 17.5 Å². The number of fused-ring (bicyclic) bond motifs is 1. The quantitative estimate of drug-likeness (QED) is 0.682. The van der Waals surface area contributed by atoms with Crippen LogP contribution in [0, 0.1) is 5.82 Å². The van der Waals surface area contributed by atoms with Crippen molar-refractivity contribution in [2.45, 2.75) is 50.1 Å². The van der Waals surface area contributed by atoms with Gasteiger partial charge in [-0.2, -0.15) is 0 Å². The van der Waals surface area contributed by atoms with Crippen molar-refractivity contribution in [1.82, 2.24) is 9.62 Å². The van der Waals surface area contributed by atoms with Crippen LogP contribution in [0.15, 0.2) is 41.3 Å². The van der Waals surface area contributed by atoms with Crippen molar-refractivity contribution in [3.05, 3.63) is 58.4 Å². The smallest absolute Gasteiger partial charge is 0.240 e. The Labute approximate surface area is 193 Å². The number of amides is 1. The first-order valence-corrected chi connectivity index (χ1v) is 12.7. The van der Waals surface area contributed by atoms with E-state index >= 15 is 0 Å². The molecule has 9 heteroatoms. The molecule has 0 radical (unpaired) electrons. The molecule has 2 aromatic carbocycles. The first kappa shape index (κ1) is 23.2. The zero-order chi connectivity index (χ0) is 23.0. The maximum absolute atomic E-state index is 14.7. The highest BCUT2D eigenvalue weighted by Crippen LogP contribution is 2.35. The van der Waals surface area contributed by atoms with E-state index in [0.717, 1.165) is 37.2 Å². The molecule has 4 rings (SSSR count). The van der Waals surface area contributed by atoms with Crippen LogP contribution >= 0.6 is 11.6 Å². The van der Waals surface area contributed by atoms with Gasteiger partial charge in [-0.1, -0.05) is 17.7 Å². The molecule has 1 fully saturated rings. The lowest BCUT2D eigenvalue weighted by atomic mass is 10.0. The molecule has 1 N–H and O–H groups in total. The molecule has 2 aliphatic heterocycles. The van der Waals surface area contributed by atoms with Crippen LogP contribution < -0.4 is 9.62 Å². The second kappa shape index (κ2) is 9.09. The molecule has 0 aromatic heterocycles. The number of benzene rings is 2. The van der Waals surface area contributed by atoms with E-state index in [1.807, 2.05) is 6.92 Å². The molecule has 6 nitrogen and oxygen atoms in total. The van der Waals surface area contributed by atoms with Crippen LogP contribution in [0.2, 0.25) is 5.02 Å². The zero-order valence-corrected chi connectivity index (χ0v) is 19.7. The van der Waals surface area contributed by atoms with Crippen LogP contribution in [-0.2, 0) is 21.2 Å². The fourth-order valence-electron chi connectivity index (χ4n) is 4.82. The van der Waals surface area contributed by atoms with Crippen molar-refractivity contribution < 1.29 is 17.6 Å². The van der Waals surface area contributed by atoms with Gasteiger partial charge >= 0.3 is 0 Å². The minimum Gasteiger partial charge on any atom is -0.309 e. The molecule has 2 aromatic rings. The van der Waals surface area contributed by atoms with Gasteiger partial charge in [-0.15, -0.1) is 0 Å². The molecule has 0 aliphatic carbocycles. The van der Waals surface area contributed by atoms with Crippen LogP contribution in [0.5, 0.6) is 0 Å². The SMILES string of the molecule is CC(=O)N1c2ccc(S(=O)(=O)NCC(c3c(F)cccc3Cl)N3CCCC3)cc2CC1C. The molecular weight excluding hydrogens is 453 g/mol. The summed E-state index contributed by atoms with van der Waals surface area (Å²) in [5, 5.41) is 0.289. The van der Waals surface area contributed by atoms with E-state index in [4.69, 9.17) is 11.6 Å². The summed E-state index contributed by atoms with van der Waals surface area (Å²) in [6, 6.07) is 8.82. The number of anilines is 1. The summed E-state index contributed by atoms with van der Waals surface area (Å²) in [6.45, 7) is 4.97. The van der Waals surface area contributed by atoms with E-state index in [1.54, 1.807) is 29.2 Å². The van der Waals surface area contributed by atoms with Crippen molar-refractivity contribution in [3.8, 4) is 0 Å². The van der Waals surface area contributed by atoms with Crippen LogP contribution in [0.4, 0.5) is 10.1 Å². The first-order chi connectivity index (χ1) is 15.2. The Bertz CT molecular complexity index is 1120. The number of sulfonamides is 1. The Kier molecular flexibility index (Phi) is 6.58. The Morgan fingerprint density at radius 3 is 2.62 bits per heavy atom. The van der Waals surface area contributed by atoms with Gasteiger partial charge in [0.05, 0.1) is 10.9 Å². The van der Waals surface area contributed by atoms with Gasteiger partial charge in [0, 0.05) is 35.8 Å². The highest BCUT2D eigenvalue weighted by Gasteiger charge is 2.32. The van der Waals surface area contributed by atoms with Gasteiger partial charge in [0.25, 0.3) is 0 Å². The lowest BCUT2D eigenvalue weighted by Gasteiger charge is -2.29. The number of nitrogens with zero attached hydrogens (tertiary/aromatic N) is 2. The van der Waals surface area contributed by atoms with E-state index in [-0.39, 0.29) is 28.4 Å². The third kappa shape index (κ3) is 4.41. The summed E-state index contributed by atoms with van der Waals surface area (Å²) in [4.78, 5) is 15.8. The highest BCUT2D eigenvalue weighted by atomic mass is 35.5. The van der Waals surface area contributed by atoms with Crippen LogP contribution in [0.1, 0.15) is 43.9 Å². The molecule has 0 saturated carbocycles. The second-order valence-corrected chi connectivity index (χ2v) is 10.7. The number of carbonyl (C=O) groups is 1. The number of hydrogen-bond donors (Lipinski definition) is 1. The topological polar surface area (TPSA) is 69.7 Å². The Morgan fingerprint density at radius 1 is 1.25 bits per heavy atom. The molecular formula is C23H27ClFN3O3S. The van der Waals surface area contributed by atoms with Gasteiger partial charge in [0.2, 0.25) is 15.9 Å². The minimum absolute atomic E-state index is 0.00997. The third-order valence-corrected chi connectivity index (χ3v) is 8.05. The number of rotatable bonds is 6. The largest absolute Gasteiger partial charge is 0.309 e. The molecule has 32 heavy (non-hydrogen) atoms. The molecule has 2 heterocycles. The summed E-state index contributed by atoms with van der Waals surface area (Å²) in [7, 11) is -3.84. The molecule has 172 valence electrons. The van der Waals surface area contributed by atoms with Gasteiger partial charge in [-0.05, 0) is 75.2 Å². The number of carbonyl (C=O) groups excluding carboxylic acids is 1. The molecule has 2 aliphatic rings. The average molecular weight is 480 g/mol. The van der Waals surface area contributed by atoms with E-state index in [0.29, 0.717) is 12.0 Å². The lowest BCUT2D eigenvalue weighted by Crippen LogP contribution is -2.37. The third-order valence-electron chi connectivity index (χ3n) is 6.30. The summed E-state index contributed by atoms with van der Waals surface area (Å²) in [6.07, 6.45) is 2.55. The normalized spacial score (nSPS) is 19.9. The highest BCUT2D eigenvalue weighted by molar-refractivity contribution is 7.89. The van der Waals surface area contributed by atoms with E-state index in [2.05, 4.69) is 9.62 Å². The average Bonchev–Trinajstić information content (AvgIpc) is 3.36. The monoisotopic (exact) mass is 479 g/mol. The van der Waals surface area contributed by atoms with Gasteiger partial charge < -0.3 is 4.90 Å². The summed E-state index contributed by atoms with van der Waals surface area (Å²) in [5.41, 5.74) is 1.89. The Hall–Kier alpha value is -2.00. The standard InChI is InChI=1S/C23H27ClFN3O3S/c1-15-12-17-13-18(8-9-21(17)28(15)16(2)29)32(30,31)26-14-22(27-10-3-4-11-27)23-19(24)6-5-7-20(23)25/h5-9,13,15,22,26H,3-4,10-12,14H2,1-2H3. The molecule has 2 atom stereocenters. The van der Waals surface area contributed by atoms with Crippen LogP contribution in [0.25, 0.3) is 0 Å². The van der Waals surface area contributed by atoms with E-state index < -0.39 is 21.9 Å². The molecule has 1 amide bonds. The predicted octanol–water partition coefficient (Wildman–Crippen LogP) is 3.89. The van der Waals surface area contributed by atoms with Crippen LogP contribution in [-0.4, -0.2) is 44.9 Å². The van der Waals surface area contributed by atoms with Gasteiger partial charge in [-0.3, -0.25) is 9.69 Å². The van der Waals surface area contributed by atoms with E-state index in [9.17, 15) is 17.6 Å². The van der Waals surface area contributed by atoms with Gasteiger partial charge in [0.15, 0.2) is 0 Å². The fourth-order valence-corrected chi connectivity index (χ4v) is 6.20. The second-order valence-electron chi connectivity index (χ2n) is 8.48. The fraction of sp³-hybridized carbons (Fsp3) is 0.435. The predicted molar refractivity (Wildman–Crippen MR) is 123 cm³/mol. The molecule has 0 spiro atoms. The van der Waals surface area contributed by atoms with Crippen molar-refractivity contribution >= 4 is 33.2 Å². The number of likely N-dealkylation sites (tertiary alicyclic amines) is 1. The Balaban J connectivity index is 1.59.